The third kappa shape index (κ3) is 3.19. The topological polar surface area (TPSA) is 53.2 Å². The number of nitrogens with one attached hydrogen (secondary N) is 3. The summed E-state index contributed by atoms with van der Waals surface area (Å²) in [6.07, 6.45) is 3.29. The van der Waals surface area contributed by atoms with E-state index in [1.165, 1.54) is 12.8 Å². The number of carbonyl (C=O) groups excluding carboxylic acids is 1. The summed E-state index contributed by atoms with van der Waals surface area (Å²) in [5.74, 6) is 0.138. The van der Waals surface area contributed by atoms with Crippen LogP contribution in [0.3, 0.4) is 0 Å². The molecule has 1 amide bonds. The van der Waals surface area contributed by atoms with E-state index >= 15 is 0 Å². The Morgan fingerprint density at radius 3 is 2.79 bits per heavy atom. The van der Waals surface area contributed by atoms with E-state index in [9.17, 15) is 4.79 Å². The van der Waals surface area contributed by atoms with Gasteiger partial charge in [0.1, 0.15) is 0 Å². The standard InChI is InChI=1S/C14H18ClN3O/c15-10-1-4-12(17-11-2-3-11)13(7-10)18-14(19)9-5-6-16-8-9/h1,4,7,9,11,16-17H,2-3,5-6,8H2,(H,18,19). The number of hydrogen-bond donors (Lipinski definition) is 3. The molecule has 102 valence electrons. The number of anilines is 2. The summed E-state index contributed by atoms with van der Waals surface area (Å²) in [6, 6.07) is 6.14. The Morgan fingerprint density at radius 1 is 1.26 bits per heavy atom. The van der Waals surface area contributed by atoms with Gasteiger partial charge in [0.15, 0.2) is 0 Å². The van der Waals surface area contributed by atoms with Crippen molar-refractivity contribution in [1.82, 2.24) is 5.32 Å². The van der Waals surface area contributed by atoms with Crippen LogP contribution in [0.4, 0.5) is 11.4 Å². The van der Waals surface area contributed by atoms with Gasteiger partial charge in [0.25, 0.3) is 0 Å². The van der Waals surface area contributed by atoms with Crippen LogP contribution in [-0.4, -0.2) is 25.0 Å². The first-order valence-corrected chi connectivity index (χ1v) is 7.18. The molecule has 1 aliphatic carbocycles. The van der Waals surface area contributed by atoms with Crippen LogP contribution in [-0.2, 0) is 4.79 Å². The normalized spacial score (nSPS) is 22.3. The van der Waals surface area contributed by atoms with E-state index in [1.807, 2.05) is 18.2 Å². The average Bonchev–Trinajstić information content (AvgIpc) is 3.03. The van der Waals surface area contributed by atoms with Crippen molar-refractivity contribution in [1.29, 1.82) is 0 Å². The van der Waals surface area contributed by atoms with Gasteiger partial charge in [-0.1, -0.05) is 11.6 Å². The van der Waals surface area contributed by atoms with E-state index in [1.54, 1.807) is 0 Å². The quantitative estimate of drug-likeness (QED) is 0.794. The lowest BCUT2D eigenvalue weighted by Gasteiger charge is -2.15. The Bertz CT molecular complexity index is 482. The van der Waals surface area contributed by atoms with Gasteiger partial charge in [0.05, 0.1) is 17.3 Å². The van der Waals surface area contributed by atoms with Crippen LogP contribution in [0.15, 0.2) is 18.2 Å². The van der Waals surface area contributed by atoms with Crippen molar-refractivity contribution in [2.45, 2.75) is 25.3 Å². The molecule has 1 saturated heterocycles. The van der Waals surface area contributed by atoms with Gasteiger partial charge in [0.2, 0.25) is 5.91 Å². The molecule has 4 nitrogen and oxygen atoms in total. The first-order valence-electron chi connectivity index (χ1n) is 6.80. The molecular formula is C14H18ClN3O. The monoisotopic (exact) mass is 279 g/mol. The molecule has 5 heteroatoms. The van der Waals surface area contributed by atoms with Crippen molar-refractivity contribution in [3.8, 4) is 0 Å². The molecular weight excluding hydrogens is 262 g/mol. The minimum absolute atomic E-state index is 0.0627. The molecule has 1 heterocycles. The van der Waals surface area contributed by atoms with Gasteiger partial charge in [-0.15, -0.1) is 0 Å². The lowest BCUT2D eigenvalue weighted by molar-refractivity contribution is -0.119. The molecule has 3 N–H and O–H groups in total. The van der Waals surface area contributed by atoms with Crippen molar-refractivity contribution < 1.29 is 4.79 Å². The highest BCUT2D eigenvalue weighted by atomic mass is 35.5. The lowest BCUT2D eigenvalue weighted by Crippen LogP contribution is -2.25. The molecule has 3 rings (SSSR count). The largest absolute Gasteiger partial charge is 0.381 e. The average molecular weight is 280 g/mol. The van der Waals surface area contributed by atoms with Crippen LogP contribution in [0.25, 0.3) is 0 Å². The van der Waals surface area contributed by atoms with Crippen LogP contribution < -0.4 is 16.0 Å². The maximum absolute atomic E-state index is 12.2. The maximum Gasteiger partial charge on any atom is 0.228 e. The van der Waals surface area contributed by atoms with E-state index in [2.05, 4.69) is 16.0 Å². The predicted octanol–water partition coefficient (Wildman–Crippen LogP) is 2.46. The van der Waals surface area contributed by atoms with E-state index in [-0.39, 0.29) is 11.8 Å². The number of carbonyl (C=O) groups is 1. The molecule has 19 heavy (non-hydrogen) atoms. The van der Waals surface area contributed by atoms with E-state index in [0.29, 0.717) is 11.1 Å². The molecule has 0 aromatic heterocycles. The summed E-state index contributed by atoms with van der Waals surface area (Å²) in [6.45, 7) is 1.68. The summed E-state index contributed by atoms with van der Waals surface area (Å²) >= 11 is 6.02. The van der Waals surface area contributed by atoms with E-state index in [0.717, 1.165) is 30.9 Å². The number of hydrogen-bond acceptors (Lipinski definition) is 3. The Labute approximate surface area is 117 Å². The fraction of sp³-hybridized carbons (Fsp3) is 0.500. The number of benzene rings is 1. The Kier molecular flexibility index (Phi) is 3.62. The van der Waals surface area contributed by atoms with E-state index < -0.39 is 0 Å². The molecule has 0 bridgehead atoms. The van der Waals surface area contributed by atoms with Crippen molar-refractivity contribution >= 4 is 28.9 Å². The fourth-order valence-electron chi connectivity index (χ4n) is 2.31. The minimum Gasteiger partial charge on any atom is -0.381 e. The molecule has 1 atom stereocenters. The van der Waals surface area contributed by atoms with Gasteiger partial charge in [-0.2, -0.15) is 0 Å². The molecule has 0 spiro atoms. The van der Waals surface area contributed by atoms with Gasteiger partial charge in [-0.25, -0.2) is 0 Å². The second-order valence-electron chi connectivity index (χ2n) is 5.29. The first kappa shape index (κ1) is 12.8. The minimum atomic E-state index is 0.0627. The summed E-state index contributed by atoms with van der Waals surface area (Å²) < 4.78 is 0. The Hall–Kier alpha value is -1.26. The summed E-state index contributed by atoms with van der Waals surface area (Å²) in [5, 5.41) is 10.3. The van der Waals surface area contributed by atoms with Crippen molar-refractivity contribution in [2.24, 2.45) is 5.92 Å². The SMILES string of the molecule is O=C(Nc1cc(Cl)ccc1NC1CC1)C1CCNC1. The fourth-order valence-corrected chi connectivity index (χ4v) is 2.48. The zero-order valence-corrected chi connectivity index (χ0v) is 11.5. The van der Waals surface area contributed by atoms with Gasteiger partial charge in [-0.05, 0) is 44.0 Å². The molecule has 1 aromatic carbocycles. The highest BCUT2D eigenvalue weighted by Crippen LogP contribution is 2.31. The summed E-state index contributed by atoms with van der Waals surface area (Å²) in [5.41, 5.74) is 1.75. The van der Waals surface area contributed by atoms with Gasteiger partial charge >= 0.3 is 0 Å². The van der Waals surface area contributed by atoms with Crippen LogP contribution >= 0.6 is 11.6 Å². The Balaban J connectivity index is 1.73. The maximum atomic E-state index is 12.2. The Morgan fingerprint density at radius 2 is 2.11 bits per heavy atom. The lowest BCUT2D eigenvalue weighted by atomic mass is 10.1. The van der Waals surface area contributed by atoms with Crippen LogP contribution in [0, 0.1) is 5.92 Å². The van der Waals surface area contributed by atoms with E-state index in [4.69, 9.17) is 11.6 Å². The predicted molar refractivity (Wildman–Crippen MR) is 77.7 cm³/mol. The number of amides is 1. The highest BCUT2D eigenvalue weighted by Gasteiger charge is 2.25. The third-order valence-corrected chi connectivity index (χ3v) is 3.84. The molecule has 1 aliphatic heterocycles. The molecule has 0 radical (unpaired) electrons. The van der Waals surface area contributed by atoms with Crippen molar-refractivity contribution in [2.75, 3.05) is 23.7 Å². The smallest absolute Gasteiger partial charge is 0.228 e. The molecule has 1 saturated carbocycles. The van der Waals surface area contributed by atoms with Crippen LogP contribution in [0.2, 0.25) is 5.02 Å². The number of halogens is 1. The molecule has 2 aliphatic rings. The van der Waals surface area contributed by atoms with Crippen molar-refractivity contribution in [3.63, 3.8) is 0 Å². The van der Waals surface area contributed by atoms with Gasteiger partial charge in [-0.3, -0.25) is 4.79 Å². The number of rotatable bonds is 4. The summed E-state index contributed by atoms with van der Waals surface area (Å²) in [7, 11) is 0. The van der Waals surface area contributed by atoms with Crippen molar-refractivity contribution in [3.05, 3.63) is 23.2 Å². The zero-order valence-electron chi connectivity index (χ0n) is 10.7. The second kappa shape index (κ2) is 5.39. The second-order valence-corrected chi connectivity index (χ2v) is 5.72. The third-order valence-electron chi connectivity index (χ3n) is 3.61. The first-order chi connectivity index (χ1) is 9.22. The zero-order chi connectivity index (χ0) is 13.2. The van der Waals surface area contributed by atoms with Crippen LogP contribution in [0.1, 0.15) is 19.3 Å². The molecule has 2 fully saturated rings. The highest BCUT2D eigenvalue weighted by molar-refractivity contribution is 6.31. The van der Waals surface area contributed by atoms with Gasteiger partial charge in [0, 0.05) is 17.6 Å². The molecule has 1 unspecified atom stereocenters. The molecule has 1 aromatic rings. The van der Waals surface area contributed by atoms with Gasteiger partial charge < -0.3 is 16.0 Å². The van der Waals surface area contributed by atoms with Crippen LogP contribution in [0.5, 0.6) is 0 Å². The summed E-state index contributed by atoms with van der Waals surface area (Å²) in [4.78, 5) is 12.2.